The normalized spacial score (nSPS) is 11.2. The van der Waals surface area contributed by atoms with Crippen LogP contribution >= 0.6 is 23.2 Å². The lowest BCUT2D eigenvalue weighted by atomic mass is 10.2. The van der Waals surface area contributed by atoms with Gasteiger partial charge >= 0.3 is 0 Å². The van der Waals surface area contributed by atoms with Crippen LogP contribution in [-0.2, 0) is 4.79 Å². The molecule has 0 unspecified atom stereocenters. The van der Waals surface area contributed by atoms with E-state index < -0.39 is 11.8 Å². The molecule has 0 radical (unpaired) electrons. The first kappa shape index (κ1) is 19.7. The second-order valence-electron chi connectivity index (χ2n) is 5.97. The van der Waals surface area contributed by atoms with E-state index in [-0.39, 0.29) is 16.3 Å². The molecule has 2 N–H and O–H groups in total. The summed E-state index contributed by atoms with van der Waals surface area (Å²) in [5.41, 5.74) is 1.86. The number of rotatable bonds is 5. The van der Waals surface area contributed by atoms with Gasteiger partial charge < -0.3 is 15.1 Å². The highest BCUT2D eigenvalue weighted by Crippen LogP contribution is 2.21. The van der Waals surface area contributed by atoms with E-state index in [9.17, 15) is 9.59 Å². The van der Waals surface area contributed by atoms with E-state index in [2.05, 4.69) is 10.6 Å². The number of hydrogen-bond acceptors (Lipinski definition) is 3. The van der Waals surface area contributed by atoms with Crippen molar-refractivity contribution < 1.29 is 14.0 Å². The van der Waals surface area contributed by atoms with Gasteiger partial charge in [-0.25, -0.2) is 0 Å². The van der Waals surface area contributed by atoms with Gasteiger partial charge in [0.2, 0.25) is 0 Å². The van der Waals surface area contributed by atoms with E-state index in [1.165, 1.54) is 24.5 Å². The van der Waals surface area contributed by atoms with Crippen molar-refractivity contribution in [1.82, 2.24) is 5.32 Å². The first-order chi connectivity index (χ1) is 13.4. The van der Waals surface area contributed by atoms with Crippen LogP contribution in [-0.4, -0.2) is 11.8 Å². The highest BCUT2D eigenvalue weighted by Gasteiger charge is 2.17. The molecule has 0 saturated heterocycles. The molecular weight excluding hydrogens is 399 g/mol. The number of nitrogens with one attached hydrogen (secondary N) is 2. The molecule has 1 heterocycles. The molecule has 5 nitrogen and oxygen atoms in total. The fraction of sp³-hybridized carbons (Fsp3) is 0.0476. The predicted octanol–water partition coefficient (Wildman–Crippen LogP) is 5.30. The van der Waals surface area contributed by atoms with Gasteiger partial charge in [-0.2, -0.15) is 0 Å². The zero-order valence-electron chi connectivity index (χ0n) is 14.8. The van der Waals surface area contributed by atoms with Crippen molar-refractivity contribution in [2.24, 2.45) is 0 Å². The zero-order chi connectivity index (χ0) is 20.1. The number of amides is 2. The van der Waals surface area contributed by atoms with Gasteiger partial charge in [-0.05, 0) is 49.4 Å². The van der Waals surface area contributed by atoms with Gasteiger partial charge in [0.05, 0.1) is 16.8 Å². The van der Waals surface area contributed by atoms with Crippen molar-refractivity contribution in [2.45, 2.75) is 6.92 Å². The van der Waals surface area contributed by atoms with Gasteiger partial charge in [0.25, 0.3) is 11.8 Å². The molecule has 0 aliphatic heterocycles. The molecule has 0 aliphatic carbocycles. The minimum absolute atomic E-state index is 0.00606. The molecule has 0 atom stereocenters. The molecule has 2 aromatic carbocycles. The third kappa shape index (κ3) is 5.03. The maximum Gasteiger partial charge on any atom is 0.272 e. The van der Waals surface area contributed by atoms with Crippen molar-refractivity contribution in [1.29, 1.82) is 0 Å². The molecule has 3 aromatic rings. The highest BCUT2D eigenvalue weighted by molar-refractivity contribution is 6.36. The smallest absolute Gasteiger partial charge is 0.272 e. The van der Waals surface area contributed by atoms with E-state index in [0.29, 0.717) is 16.5 Å². The molecule has 0 fully saturated rings. The topological polar surface area (TPSA) is 71.3 Å². The zero-order valence-corrected chi connectivity index (χ0v) is 16.3. The van der Waals surface area contributed by atoms with Crippen LogP contribution in [0, 0.1) is 6.92 Å². The Bertz CT molecular complexity index is 1030. The summed E-state index contributed by atoms with van der Waals surface area (Å²) >= 11 is 12.0. The molecule has 0 bridgehead atoms. The third-order valence-electron chi connectivity index (χ3n) is 3.81. The number of carbonyl (C=O) groups excluding carboxylic acids is 2. The molecule has 0 saturated carbocycles. The van der Waals surface area contributed by atoms with E-state index in [1.807, 2.05) is 19.1 Å². The Morgan fingerprint density at radius 1 is 1.04 bits per heavy atom. The maximum atomic E-state index is 12.7. The number of furan rings is 1. The van der Waals surface area contributed by atoms with Crippen LogP contribution in [0.5, 0.6) is 0 Å². The molecule has 0 aliphatic rings. The lowest BCUT2D eigenvalue weighted by Gasteiger charge is -2.12. The van der Waals surface area contributed by atoms with E-state index in [1.54, 1.807) is 30.3 Å². The minimum Gasteiger partial charge on any atom is -0.465 e. The van der Waals surface area contributed by atoms with Crippen molar-refractivity contribution in [3.05, 3.63) is 93.5 Å². The standard InChI is InChI=1S/C21H16Cl2N2O3/c1-13-4-7-15(8-5-13)24-21(27)19(12-16-3-2-10-28-16)25-20(26)17-9-6-14(22)11-18(17)23/h2-12H,1H3,(H,24,27)(H,25,26)/b19-12+. The van der Waals surface area contributed by atoms with Gasteiger partial charge in [0, 0.05) is 16.8 Å². The van der Waals surface area contributed by atoms with Crippen LogP contribution < -0.4 is 10.6 Å². The summed E-state index contributed by atoms with van der Waals surface area (Å²) in [6.45, 7) is 1.95. The van der Waals surface area contributed by atoms with Crippen LogP contribution in [0.2, 0.25) is 10.0 Å². The summed E-state index contributed by atoms with van der Waals surface area (Å²) in [5.74, 6) is -0.631. The molecule has 3 rings (SSSR count). The van der Waals surface area contributed by atoms with Crippen LogP contribution in [0.3, 0.4) is 0 Å². The number of anilines is 1. The molecule has 1 aromatic heterocycles. The van der Waals surface area contributed by atoms with Crippen LogP contribution in [0.4, 0.5) is 5.69 Å². The highest BCUT2D eigenvalue weighted by atomic mass is 35.5. The lowest BCUT2D eigenvalue weighted by Crippen LogP contribution is -2.30. The average molecular weight is 415 g/mol. The van der Waals surface area contributed by atoms with Crippen molar-refractivity contribution >= 4 is 46.8 Å². The molecule has 0 spiro atoms. The van der Waals surface area contributed by atoms with Crippen molar-refractivity contribution in [2.75, 3.05) is 5.32 Å². The number of aryl methyl sites for hydroxylation is 1. The van der Waals surface area contributed by atoms with Crippen molar-refractivity contribution in [3.63, 3.8) is 0 Å². The molecule has 2 amide bonds. The quantitative estimate of drug-likeness (QED) is 0.556. The van der Waals surface area contributed by atoms with E-state index in [0.717, 1.165) is 5.56 Å². The fourth-order valence-electron chi connectivity index (χ4n) is 2.37. The van der Waals surface area contributed by atoms with Crippen LogP contribution in [0.25, 0.3) is 6.08 Å². The van der Waals surface area contributed by atoms with Crippen molar-refractivity contribution in [3.8, 4) is 0 Å². The molecule has 7 heteroatoms. The van der Waals surface area contributed by atoms with E-state index in [4.69, 9.17) is 27.6 Å². The fourth-order valence-corrected chi connectivity index (χ4v) is 2.87. The van der Waals surface area contributed by atoms with Gasteiger partial charge in [-0.15, -0.1) is 0 Å². The second kappa shape index (κ2) is 8.78. The lowest BCUT2D eigenvalue weighted by molar-refractivity contribution is -0.113. The Labute approximate surface area is 172 Å². The number of hydrogen-bond donors (Lipinski definition) is 2. The monoisotopic (exact) mass is 414 g/mol. The summed E-state index contributed by atoms with van der Waals surface area (Å²) in [5, 5.41) is 5.92. The summed E-state index contributed by atoms with van der Waals surface area (Å²) in [6, 6.07) is 15.1. The van der Waals surface area contributed by atoms with Gasteiger partial charge in [-0.3, -0.25) is 9.59 Å². The average Bonchev–Trinajstić information content (AvgIpc) is 3.16. The van der Waals surface area contributed by atoms with Crippen LogP contribution in [0.1, 0.15) is 21.7 Å². The summed E-state index contributed by atoms with van der Waals surface area (Å²) in [4.78, 5) is 25.4. The predicted molar refractivity (Wildman–Crippen MR) is 110 cm³/mol. The Hall–Kier alpha value is -3.02. The van der Waals surface area contributed by atoms with Crippen LogP contribution in [0.15, 0.2) is 71.0 Å². The Morgan fingerprint density at radius 3 is 2.43 bits per heavy atom. The summed E-state index contributed by atoms with van der Waals surface area (Å²) in [6.07, 6.45) is 2.91. The number of carbonyl (C=O) groups is 2. The van der Waals surface area contributed by atoms with E-state index >= 15 is 0 Å². The number of benzene rings is 2. The Balaban J connectivity index is 1.85. The second-order valence-corrected chi connectivity index (χ2v) is 6.82. The summed E-state index contributed by atoms with van der Waals surface area (Å²) < 4.78 is 5.26. The minimum atomic E-state index is -0.543. The molecule has 28 heavy (non-hydrogen) atoms. The SMILES string of the molecule is Cc1ccc(NC(=O)/C(=C\c2ccco2)NC(=O)c2ccc(Cl)cc2Cl)cc1. The Morgan fingerprint density at radius 2 is 1.79 bits per heavy atom. The Kier molecular flexibility index (Phi) is 6.19. The first-order valence-electron chi connectivity index (χ1n) is 8.32. The maximum absolute atomic E-state index is 12.7. The van der Waals surface area contributed by atoms with Gasteiger partial charge in [0.15, 0.2) is 0 Å². The van der Waals surface area contributed by atoms with Gasteiger partial charge in [-0.1, -0.05) is 40.9 Å². The van der Waals surface area contributed by atoms with Gasteiger partial charge in [0.1, 0.15) is 11.5 Å². The molecule has 142 valence electrons. The largest absolute Gasteiger partial charge is 0.465 e. The first-order valence-corrected chi connectivity index (χ1v) is 9.07. The molecular formula is C21H16Cl2N2O3. The third-order valence-corrected chi connectivity index (χ3v) is 4.36. The summed E-state index contributed by atoms with van der Waals surface area (Å²) in [7, 11) is 0. The number of halogens is 2.